The molecular formula is C8H13NO3. The van der Waals surface area contributed by atoms with E-state index in [1.807, 2.05) is 0 Å². The lowest BCUT2D eigenvalue weighted by molar-refractivity contribution is -0.167. The van der Waals surface area contributed by atoms with Crippen molar-refractivity contribution in [1.82, 2.24) is 5.32 Å². The third-order valence-electron chi connectivity index (χ3n) is 3.08. The SMILES string of the molecule is CNC(=O)C12CC1CC(O)(O)C2. The Balaban J connectivity index is 2.14. The van der Waals surface area contributed by atoms with E-state index in [2.05, 4.69) is 5.32 Å². The molecule has 2 fully saturated rings. The Labute approximate surface area is 70.6 Å². The van der Waals surface area contributed by atoms with Gasteiger partial charge in [0.05, 0.1) is 5.41 Å². The van der Waals surface area contributed by atoms with Crippen LogP contribution in [0.25, 0.3) is 0 Å². The Morgan fingerprint density at radius 3 is 2.58 bits per heavy atom. The van der Waals surface area contributed by atoms with E-state index >= 15 is 0 Å². The Bertz CT molecular complexity index is 238. The van der Waals surface area contributed by atoms with Gasteiger partial charge in [0.1, 0.15) is 0 Å². The second-order valence-electron chi connectivity index (χ2n) is 4.00. The van der Waals surface area contributed by atoms with Gasteiger partial charge in [-0.1, -0.05) is 0 Å². The fourth-order valence-electron chi connectivity index (χ4n) is 2.44. The highest BCUT2D eigenvalue weighted by Crippen LogP contribution is 2.65. The van der Waals surface area contributed by atoms with E-state index in [9.17, 15) is 15.0 Å². The highest BCUT2D eigenvalue weighted by atomic mass is 16.5. The first-order valence-electron chi connectivity index (χ1n) is 4.17. The van der Waals surface area contributed by atoms with Gasteiger partial charge in [0.15, 0.2) is 5.79 Å². The quantitative estimate of drug-likeness (QED) is 0.453. The van der Waals surface area contributed by atoms with Gasteiger partial charge in [0, 0.05) is 19.9 Å². The minimum absolute atomic E-state index is 0.0440. The number of carbonyl (C=O) groups excluding carboxylic acids is 1. The summed E-state index contributed by atoms with van der Waals surface area (Å²) in [5.74, 6) is -1.46. The lowest BCUT2D eigenvalue weighted by Crippen LogP contribution is -2.33. The minimum Gasteiger partial charge on any atom is -0.366 e. The van der Waals surface area contributed by atoms with Gasteiger partial charge in [0.25, 0.3) is 0 Å². The number of fused-ring (bicyclic) bond motifs is 1. The van der Waals surface area contributed by atoms with Crippen molar-refractivity contribution in [3.63, 3.8) is 0 Å². The zero-order valence-corrected chi connectivity index (χ0v) is 7.00. The van der Waals surface area contributed by atoms with Crippen molar-refractivity contribution in [3.8, 4) is 0 Å². The molecule has 2 rings (SSSR count). The summed E-state index contributed by atoms with van der Waals surface area (Å²) < 4.78 is 0. The molecule has 0 aromatic carbocycles. The predicted octanol–water partition coefficient (Wildman–Crippen LogP) is -0.787. The van der Waals surface area contributed by atoms with Crippen LogP contribution in [0.2, 0.25) is 0 Å². The second-order valence-corrected chi connectivity index (χ2v) is 4.00. The van der Waals surface area contributed by atoms with Gasteiger partial charge in [-0.15, -0.1) is 0 Å². The van der Waals surface area contributed by atoms with E-state index in [4.69, 9.17) is 0 Å². The molecule has 2 aliphatic rings. The Kier molecular flexibility index (Phi) is 1.34. The van der Waals surface area contributed by atoms with E-state index in [0.29, 0.717) is 6.42 Å². The molecule has 0 aliphatic heterocycles. The smallest absolute Gasteiger partial charge is 0.226 e. The van der Waals surface area contributed by atoms with E-state index in [1.165, 1.54) is 0 Å². The predicted molar refractivity (Wildman–Crippen MR) is 41.0 cm³/mol. The van der Waals surface area contributed by atoms with Gasteiger partial charge >= 0.3 is 0 Å². The van der Waals surface area contributed by atoms with Crippen molar-refractivity contribution < 1.29 is 15.0 Å². The van der Waals surface area contributed by atoms with Crippen LogP contribution >= 0.6 is 0 Å². The summed E-state index contributed by atoms with van der Waals surface area (Å²) in [6.07, 6.45) is 1.36. The first-order chi connectivity index (χ1) is 5.50. The summed E-state index contributed by atoms with van der Waals surface area (Å²) in [5.41, 5.74) is -0.446. The maximum Gasteiger partial charge on any atom is 0.226 e. The van der Waals surface area contributed by atoms with Crippen LogP contribution in [0.4, 0.5) is 0 Å². The third kappa shape index (κ3) is 0.881. The van der Waals surface area contributed by atoms with Crippen LogP contribution in [0.5, 0.6) is 0 Å². The summed E-state index contributed by atoms with van der Waals surface area (Å²) in [7, 11) is 1.58. The number of amides is 1. The van der Waals surface area contributed by atoms with E-state index in [0.717, 1.165) is 6.42 Å². The maximum absolute atomic E-state index is 11.3. The molecule has 12 heavy (non-hydrogen) atoms. The molecule has 0 aromatic heterocycles. The Hall–Kier alpha value is -0.610. The standard InChI is InChI=1S/C8H13NO3/c1-9-6(10)7-2-5(7)3-8(11,12)4-7/h5,11-12H,2-4H2,1H3,(H,9,10). The van der Waals surface area contributed by atoms with Crippen molar-refractivity contribution >= 4 is 5.91 Å². The molecule has 1 amide bonds. The molecular weight excluding hydrogens is 158 g/mol. The number of aliphatic hydroxyl groups is 2. The van der Waals surface area contributed by atoms with Crippen molar-refractivity contribution in [2.24, 2.45) is 11.3 Å². The Morgan fingerprint density at radius 1 is 1.50 bits per heavy atom. The average Bonchev–Trinajstić information content (AvgIpc) is 2.53. The van der Waals surface area contributed by atoms with Crippen molar-refractivity contribution in [2.45, 2.75) is 25.0 Å². The Morgan fingerprint density at radius 2 is 2.17 bits per heavy atom. The van der Waals surface area contributed by atoms with Crippen LogP contribution < -0.4 is 5.32 Å². The molecule has 0 heterocycles. The summed E-state index contributed by atoms with van der Waals surface area (Å²) in [4.78, 5) is 11.3. The zero-order chi connectivity index (χ0) is 8.98. The number of nitrogens with one attached hydrogen (secondary N) is 1. The largest absolute Gasteiger partial charge is 0.366 e. The molecule has 2 unspecified atom stereocenters. The van der Waals surface area contributed by atoms with Gasteiger partial charge < -0.3 is 15.5 Å². The fraction of sp³-hybridized carbons (Fsp3) is 0.875. The maximum atomic E-state index is 11.3. The fourth-order valence-corrected chi connectivity index (χ4v) is 2.44. The molecule has 68 valence electrons. The van der Waals surface area contributed by atoms with Crippen molar-refractivity contribution in [3.05, 3.63) is 0 Å². The highest BCUT2D eigenvalue weighted by Gasteiger charge is 2.68. The molecule has 0 aromatic rings. The molecule has 3 N–H and O–H groups in total. The number of hydrogen-bond acceptors (Lipinski definition) is 3. The second kappa shape index (κ2) is 2.00. The van der Waals surface area contributed by atoms with Gasteiger partial charge in [-0.05, 0) is 12.3 Å². The number of rotatable bonds is 1. The van der Waals surface area contributed by atoms with Gasteiger partial charge in [-0.2, -0.15) is 0 Å². The van der Waals surface area contributed by atoms with Crippen molar-refractivity contribution in [1.29, 1.82) is 0 Å². The molecule has 0 spiro atoms. The molecule has 0 bridgehead atoms. The van der Waals surface area contributed by atoms with Crippen LogP contribution in [0.1, 0.15) is 19.3 Å². The van der Waals surface area contributed by atoms with Gasteiger partial charge in [-0.25, -0.2) is 0 Å². The van der Waals surface area contributed by atoms with Crippen molar-refractivity contribution in [2.75, 3.05) is 7.05 Å². The molecule has 0 saturated heterocycles. The first-order valence-corrected chi connectivity index (χ1v) is 4.17. The summed E-state index contributed by atoms with van der Waals surface area (Å²) in [6, 6.07) is 0. The van der Waals surface area contributed by atoms with E-state index in [1.54, 1.807) is 7.05 Å². The van der Waals surface area contributed by atoms with Crippen LogP contribution in [0.15, 0.2) is 0 Å². The zero-order valence-electron chi connectivity index (χ0n) is 7.00. The van der Waals surface area contributed by atoms with E-state index < -0.39 is 11.2 Å². The molecule has 2 saturated carbocycles. The number of hydrogen-bond donors (Lipinski definition) is 3. The molecule has 4 nitrogen and oxygen atoms in total. The summed E-state index contributed by atoms with van der Waals surface area (Å²) in [5, 5.41) is 21.1. The molecule has 0 radical (unpaired) electrons. The molecule has 2 aliphatic carbocycles. The lowest BCUT2D eigenvalue weighted by Gasteiger charge is -2.18. The summed E-state index contributed by atoms with van der Waals surface area (Å²) >= 11 is 0. The monoisotopic (exact) mass is 171 g/mol. The number of carbonyl (C=O) groups is 1. The van der Waals surface area contributed by atoms with Crippen LogP contribution in [0, 0.1) is 11.3 Å². The van der Waals surface area contributed by atoms with Gasteiger partial charge in [-0.3, -0.25) is 4.79 Å². The third-order valence-corrected chi connectivity index (χ3v) is 3.08. The van der Waals surface area contributed by atoms with Gasteiger partial charge in [0.2, 0.25) is 5.91 Å². The topological polar surface area (TPSA) is 69.6 Å². The molecule has 4 heteroatoms. The highest BCUT2D eigenvalue weighted by molar-refractivity contribution is 5.86. The normalized spacial score (nSPS) is 42.1. The van der Waals surface area contributed by atoms with Crippen LogP contribution in [-0.2, 0) is 4.79 Å². The lowest BCUT2D eigenvalue weighted by atomic mass is 10.0. The summed E-state index contributed by atoms with van der Waals surface area (Å²) in [6.45, 7) is 0. The average molecular weight is 171 g/mol. The van der Waals surface area contributed by atoms with E-state index in [-0.39, 0.29) is 18.2 Å². The minimum atomic E-state index is -1.60. The first kappa shape index (κ1) is 8.01. The van der Waals surface area contributed by atoms with Crippen LogP contribution in [-0.4, -0.2) is 29.0 Å². The van der Waals surface area contributed by atoms with Crippen LogP contribution in [0.3, 0.4) is 0 Å². The molecule has 2 atom stereocenters.